The van der Waals surface area contributed by atoms with Gasteiger partial charge in [0, 0.05) is 0 Å². The van der Waals surface area contributed by atoms with Crippen LogP contribution in [-0.4, -0.2) is 0 Å². The Morgan fingerprint density at radius 3 is 2.14 bits per heavy atom. The first kappa shape index (κ1) is 27.1. The molecule has 1 nitrogen and oxygen atoms in total. The van der Waals surface area contributed by atoms with Crippen LogP contribution in [0.25, 0.3) is 28.6 Å². The van der Waals surface area contributed by atoms with E-state index in [1.807, 2.05) is 0 Å². The standard InChI is InChI=1S/C32H29.2ClH.H2N.Ti/c1-22-29(20-25-16-8-10-18-27(25)31(22)24-14-6-3-7-15-24)32-28-19-11-9-17-26(28)21-30(32)23-12-4-2-5-13-23;;;;/h2,4-5,8-13,16-21,24,32H,1,3,6-7,14-15H2;2*1H;1H2;/q-1;;;-1;+2/p-2. The van der Waals surface area contributed by atoms with Gasteiger partial charge in [0.1, 0.15) is 0 Å². The minimum Gasteiger partial charge on any atom is -0.693 e. The van der Waals surface area contributed by atoms with Crippen LogP contribution in [0.5, 0.6) is 0 Å². The molecule has 0 heterocycles. The molecule has 0 aromatic heterocycles. The summed E-state index contributed by atoms with van der Waals surface area (Å²) < 4.78 is 0. The van der Waals surface area contributed by atoms with Gasteiger partial charge in [0.15, 0.2) is 0 Å². The number of allylic oxidation sites excluding steroid dienone is 1. The summed E-state index contributed by atoms with van der Waals surface area (Å²) in [5.41, 5.74) is 9.59. The Kier molecular flexibility index (Phi) is 9.39. The molecule has 0 amide bonds. The molecule has 6 rings (SSSR count). The maximum atomic E-state index is 4.89. The molecule has 0 spiro atoms. The predicted molar refractivity (Wildman–Crippen MR) is 154 cm³/mol. The average molecular weight is 548 g/mol. The third-order valence-electron chi connectivity index (χ3n) is 7.60. The molecule has 36 heavy (non-hydrogen) atoms. The van der Waals surface area contributed by atoms with Crippen molar-refractivity contribution in [2.45, 2.75) is 43.9 Å². The van der Waals surface area contributed by atoms with E-state index in [1.54, 1.807) is 0 Å². The molecule has 2 N–H and O–H groups in total. The van der Waals surface area contributed by atoms with E-state index in [1.165, 1.54) is 81.8 Å². The normalized spacial score (nSPS) is 16.8. The fraction of sp³-hybridized carbons (Fsp3) is 0.219. The van der Waals surface area contributed by atoms with Gasteiger partial charge in [-0.25, -0.2) is 0 Å². The van der Waals surface area contributed by atoms with E-state index in [-0.39, 0.29) is 12.1 Å². The van der Waals surface area contributed by atoms with Gasteiger partial charge in [-0.15, -0.1) is 17.2 Å². The van der Waals surface area contributed by atoms with Crippen LogP contribution < -0.4 is 0 Å². The summed E-state index contributed by atoms with van der Waals surface area (Å²) in [6.45, 7) is 4.76. The van der Waals surface area contributed by atoms with Crippen molar-refractivity contribution in [1.29, 1.82) is 0 Å². The molecule has 2 aliphatic rings. The Morgan fingerprint density at radius 2 is 1.39 bits per heavy atom. The van der Waals surface area contributed by atoms with Crippen LogP contribution in [0.1, 0.15) is 77.3 Å². The van der Waals surface area contributed by atoms with Gasteiger partial charge in [0.05, 0.1) is 0 Å². The number of halogens is 2. The second kappa shape index (κ2) is 12.5. The summed E-state index contributed by atoms with van der Waals surface area (Å²) in [5, 5.41) is 2.76. The van der Waals surface area contributed by atoms with Crippen molar-refractivity contribution < 1.29 is 17.0 Å². The second-order valence-corrected chi connectivity index (χ2v) is 12.1. The van der Waals surface area contributed by atoms with Crippen molar-refractivity contribution in [3.05, 3.63) is 131 Å². The van der Waals surface area contributed by atoms with Crippen LogP contribution in [0, 0.1) is 6.92 Å². The number of benzene rings is 4. The van der Waals surface area contributed by atoms with Crippen molar-refractivity contribution in [2.24, 2.45) is 0 Å². The predicted octanol–water partition coefficient (Wildman–Crippen LogP) is 10.8. The molecule has 4 aromatic rings. The number of rotatable bonds is 3. The fourth-order valence-corrected chi connectivity index (χ4v) is 6.10. The third-order valence-corrected chi connectivity index (χ3v) is 7.60. The minimum absolute atomic E-state index is 0. The van der Waals surface area contributed by atoms with Gasteiger partial charge in [-0.05, 0) is 33.6 Å². The molecule has 0 saturated heterocycles. The smallest absolute Gasteiger partial charge is 0.693 e. The van der Waals surface area contributed by atoms with E-state index in [0.717, 1.165) is 0 Å². The van der Waals surface area contributed by atoms with Crippen molar-refractivity contribution in [2.75, 3.05) is 0 Å². The van der Waals surface area contributed by atoms with Gasteiger partial charge in [-0.2, -0.15) is 12.5 Å². The molecular weight excluding hydrogens is 517 g/mol. The van der Waals surface area contributed by atoms with Gasteiger partial charge in [-0.3, -0.25) is 0 Å². The van der Waals surface area contributed by atoms with Gasteiger partial charge >= 0.3 is 35.6 Å². The molecular formula is C32H31Cl2NTi-2. The minimum atomic E-state index is -0.556. The molecule has 1 saturated carbocycles. The van der Waals surface area contributed by atoms with E-state index in [4.69, 9.17) is 25.5 Å². The Bertz CT molecular complexity index is 1340. The molecule has 2 aliphatic carbocycles. The molecule has 1 fully saturated rings. The van der Waals surface area contributed by atoms with Gasteiger partial charge in [0.25, 0.3) is 0 Å². The van der Waals surface area contributed by atoms with Crippen LogP contribution in [0.15, 0.2) is 84.9 Å². The van der Waals surface area contributed by atoms with E-state index >= 15 is 0 Å². The number of fused-ring (bicyclic) bond motifs is 2. The van der Waals surface area contributed by atoms with Gasteiger partial charge in [-0.1, -0.05) is 128 Å². The average Bonchev–Trinajstić information content (AvgIpc) is 3.29. The van der Waals surface area contributed by atoms with E-state index in [0.29, 0.717) is 5.92 Å². The molecule has 1 unspecified atom stereocenters. The summed E-state index contributed by atoms with van der Waals surface area (Å²) in [7, 11) is 9.78. The molecule has 1 atom stereocenters. The Balaban J connectivity index is 0.000000726. The van der Waals surface area contributed by atoms with Crippen LogP contribution in [-0.2, 0) is 17.0 Å². The summed E-state index contributed by atoms with van der Waals surface area (Å²) in [6, 6.07) is 31.2. The summed E-state index contributed by atoms with van der Waals surface area (Å²) in [6.07, 6.45) is 9.02. The molecule has 0 radical (unpaired) electrons. The topological polar surface area (TPSA) is 33.5 Å². The first-order valence-corrected chi connectivity index (χ1v) is 16.7. The largest absolute Gasteiger partial charge is 0.693 e. The maximum absolute atomic E-state index is 4.89. The maximum Gasteiger partial charge on any atom is -0.693 e. The van der Waals surface area contributed by atoms with Crippen LogP contribution >= 0.6 is 18.6 Å². The zero-order valence-corrected chi connectivity index (χ0v) is 23.5. The fourth-order valence-electron chi connectivity index (χ4n) is 6.10. The first-order valence-electron chi connectivity index (χ1n) is 12.4. The summed E-state index contributed by atoms with van der Waals surface area (Å²) in [4.78, 5) is 0. The van der Waals surface area contributed by atoms with Gasteiger partial charge in [0.2, 0.25) is 0 Å². The quantitative estimate of drug-likeness (QED) is 0.180. The molecule has 184 valence electrons. The number of nitrogens with two attached hydrogens (primary N) is 1. The van der Waals surface area contributed by atoms with E-state index in [2.05, 4.69) is 91.0 Å². The molecule has 0 aliphatic heterocycles. The Labute approximate surface area is 232 Å². The zero-order valence-electron chi connectivity index (χ0n) is 20.4. The summed E-state index contributed by atoms with van der Waals surface area (Å²) >= 11 is -0.556. The first-order chi connectivity index (χ1) is 17.2. The van der Waals surface area contributed by atoms with E-state index in [9.17, 15) is 0 Å². The van der Waals surface area contributed by atoms with Crippen molar-refractivity contribution in [3.8, 4) is 0 Å². The van der Waals surface area contributed by atoms with Crippen LogP contribution in [0.4, 0.5) is 0 Å². The van der Waals surface area contributed by atoms with Crippen LogP contribution in [0.2, 0.25) is 0 Å². The monoisotopic (exact) mass is 547 g/mol. The summed E-state index contributed by atoms with van der Waals surface area (Å²) in [5.74, 6) is 0.856. The molecule has 0 bridgehead atoms. The van der Waals surface area contributed by atoms with Crippen molar-refractivity contribution in [1.82, 2.24) is 0 Å². The number of hydrogen-bond acceptors (Lipinski definition) is 0. The zero-order chi connectivity index (χ0) is 24.2. The van der Waals surface area contributed by atoms with Gasteiger partial charge < -0.3 is 6.15 Å². The van der Waals surface area contributed by atoms with Crippen molar-refractivity contribution >= 4 is 41.0 Å². The number of hydrogen-bond donors (Lipinski definition) is 0. The SMILES string of the molecule is [CH2-]c1c(C2C(c3ccccc3)=Cc3ccccc32)cc2ccccc2c1C1CCCCC1.[Cl][Ti][Cl].[NH2-]. The van der Waals surface area contributed by atoms with Crippen LogP contribution in [0.3, 0.4) is 0 Å². The Hall–Kier alpha value is -2.00. The van der Waals surface area contributed by atoms with Crippen molar-refractivity contribution in [3.63, 3.8) is 0 Å². The molecule has 4 heteroatoms. The second-order valence-electron chi connectivity index (χ2n) is 9.51. The molecule has 4 aromatic carbocycles. The van der Waals surface area contributed by atoms with E-state index < -0.39 is 17.0 Å². The third kappa shape index (κ3) is 5.33. The Morgan fingerprint density at radius 1 is 0.750 bits per heavy atom.